The molecule has 2 amide bonds. The van der Waals surface area contributed by atoms with E-state index in [1.807, 2.05) is 0 Å². The summed E-state index contributed by atoms with van der Waals surface area (Å²) in [5, 5.41) is 15.1. The van der Waals surface area contributed by atoms with Gasteiger partial charge in [-0.15, -0.1) is 4.79 Å². The van der Waals surface area contributed by atoms with Crippen LogP contribution in [0, 0.1) is 0 Å². The standard InChI is InChI=1S/C66H41N9O13/c76-59-36-18-4-5-19-37(36)62(79)73(71-59)55-53(57-52(40-29-33-15-2-10-24-45(33)88-66(40)83)51(38-20-6-11-25-46(38)86-57)50-32-84-48-27-13-14-28-49(48)85-50)39(56-60(77)70-42-22-8-12-26-47(42)87-56)30-43-54(55)74(75-63(80)35-17-3-1-16-34(35)31-67-75)64(81)58(68-43)72-44-23-9-7-21-41(44)69-61(78)65(72)82/h1-32,51-52,56-58,68H,(H,69,78)(H,70,77)(H,71,76). The lowest BCUT2D eigenvalue weighted by Crippen LogP contribution is -2.55. The molecule has 0 saturated heterocycles. The summed E-state index contributed by atoms with van der Waals surface area (Å²) in [7, 11) is 0. The quantitative estimate of drug-likeness (QED) is 0.0863. The van der Waals surface area contributed by atoms with E-state index in [1.54, 1.807) is 146 Å². The third kappa shape index (κ3) is 7.85. The molecule has 22 nitrogen and oxygen atoms in total. The summed E-state index contributed by atoms with van der Waals surface area (Å²) in [6, 6.07) is 49.2. The number of anilines is 3. The SMILES string of the molecule is O=C1Nc2ccccc2OC1c1cc2c(c(-n3[nH]c(=O)c4ccccc4c3=O)c1C1Oc3ccccc3C(C3=COc4ccccc4O3)C1c1cc3ccccc3oc1=O)N(n1ncc3ccccc3c1=O)C(=O)C(n1c(=O)c(=O)[nH]c3ccccc31)N2. The van der Waals surface area contributed by atoms with Crippen LogP contribution in [0.4, 0.5) is 17.1 Å². The Morgan fingerprint density at radius 2 is 1.24 bits per heavy atom. The first-order valence-corrected chi connectivity index (χ1v) is 27.7. The minimum atomic E-state index is -1.93. The highest BCUT2D eigenvalue weighted by molar-refractivity contribution is 6.08. The molecular formula is C66H41N9O13. The number of aromatic amines is 2. The van der Waals surface area contributed by atoms with Crippen molar-refractivity contribution in [2.24, 2.45) is 0 Å². The van der Waals surface area contributed by atoms with Gasteiger partial charge in [-0.25, -0.2) is 9.48 Å². The number of para-hydroxylation sites is 8. The molecule has 0 radical (unpaired) electrons. The van der Waals surface area contributed by atoms with Crippen LogP contribution < -0.4 is 68.0 Å². The summed E-state index contributed by atoms with van der Waals surface area (Å²) >= 11 is 0. The van der Waals surface area contributed by atoms with Crippen molar-refractivity contribution in [3.05, 3.63) is 285 Å². The largest absolute Gasteiger partial charge is 0.485 e. The molecule has 0 spiro atoms. The second-order valence-corrected chi connectivity index (χ2v) is 21.3. The molecule has 0 saturated carbocycles. The number of benzene rings is 8. The predicted octanol–water partition coefficient (Wildman–Crippen LogP) is 8.31. The Hall–Kier alpha value is -12.3. The van der Waals surface area contributed by atoms with Crippen molar-refractivity contribution in [3.63, 3.8) is 0 Å². The highest BCUT2D eigenvalue weighted by Crippen LogP contribution is 2.59. The van der Waals surface area contributed by atoms with E-state index in [2.05, 4.69) is 25.8 Å². The lowest BCUT2D eigenvalue weighted by Gasteiger charge is -2.44. The topological polar surface area (TPSA) is 273 Å². The van der Waals surface area contributed by atoms with Crippen LogP contribution in [-0.4, -0.2) is 41.0 Å². The summed E-state index contributed by atoms with van der Waals surface area (Å²) < 4.78 is 35.3. The molecule has 8 aromatic carbocycles. The van der Waals surface area contributed by atoms with Gasteiger partial charge in [-0.2, -0.15) is 10.1 Å². The second kappa shape index (κ2) is 19.6. The van der Waals surface area contributed by atoms with Gasteiger partial charge < -0.3 is 39.0 Å². The molecule has 8 heterocycles. The fourth-order valence-electron chi connectivity index (χ4n) is 12.5. The Bertz CT molecular complexity index is 5470. The van der Waals surface area contributed by atoms with Crippen molar-refractivity contribution in [1.82, 2.24) is 29.2 Å². The molecule has 5 unspecified atom stereocenters. The number of carbonyl (C=O) groups is 2. The maximum absolute atomic E-state index is 16.5. The second-order valence-electron chi connectivity index (χ2n) is 21.3. The highest BCUT2D eigenvalue weighted by atomic mass is 16.6. The molecule has 4 aromatic heterocycles. The Morgan fingerprint density at radius 3 is 2.08 bits per heavy atom. The smallest absolute Gasteiger partial charge is 0.339 e. The molecular weight excluding hydrogens is 1130 g/mol. The molecule has 0 aliphatic carbocycles. The fourth-order valence-corrected chi connectivity index (χ4v) is 12.5. The third-order valence-corrected chi connectivity index (χ3v) is 16.4. The molecule has 16 rings (SSSR count). The first-order valence-electron chi connectivity index (χ1n) is 27.7. The maximum atomic E-state index is 16.5. The van der Waals surface area contributed by atoms with Crippen molar-refractivity contribution in [2.45, 2.75) is 30.2 Å². The summed E-state index contributed by atoms with van der Waals surface area (Å²) in [6.07, 6.45) is -2.61. The van der Waals surface area contributed by atoms with E-state index >= 15 is 24.0 Å². The fraction of sp³-hybridized carbons (Fsp3) is 0.0758. The molecule has 428 valence electrons. The van der Waals surface area contributed by atoms with Crippen molar-refractivity contribution in [1.29, 1.82) is 0 Å². The number of amides is 2. The molecule has 0 bridgehead atoms. The maximum Gasteiger partial charge on any atom is 0.339 e. The molecule has 4 aliphatic heterocycles. The number of ether oxygens (including phenoxy) is 4. The van der Waals surface area contributed by atoms with Crippen molar-refractivity contribution < 1.29 is 33.0 Å². The minimum absolute atomic E-state index is 0.0148. The number of rotatable bonds is 7. The highest BCUT2D eigenvalue weighted by Gasteiger charge is 2.51. The van der Waals surface area contributed by atoms with E-state index in [4.69, 9.17) is 23.4 Å². The molecule has 0 fully saturated rings. The number of nitrogens with zero attached hydrogens (tertiary/aromatic N) is 5. The zero-order chi connectivity index (χ0) is 59.6. The molecule has 12 aromatic rings. The van der Waals surface area contributed by atoms with Crippen LogP contribution in [0.3, 0.4) is 0 Å². The summed E-state index contributed by atoms with van der Waals surface area (Å²) in [5.41, 5.74) is -5.74. The Morgan fingerprint density at radius 1 is 0.545 bits per heavy atom. The zero-order valence-electron chi connectivity index (χ0n) is 45.4. The van der Waals surface area contributed by atoms with Gasteiger partial charge in [-0.3, -0.25) is 43.2 Å². The van der Waals surface area contributed by atoms with E-state index in [-0.39, 0.29) is 78.1 Å². The van der Waals surface area contributed by atoms with Gasteiger partial charge in [0.25, 0.3) is 28.5 Å². The van der Waals surface area contributed by atoms with Crippen LogP contribution in [0.5, 0.6) is 23.0 Å². The number of nitrogens with one attached hydrogen (secondary N) is 4. The van der Waals surface area contributed by atoms with E-state index in [0.29, 0.717) is 33.5 Å². The predicted molar refractivity (Wildman–Crippen MR) is 323 cm³/mol. The number of allylic oxidation sites excluding steroid dienone is 1. The minimum Gasteiger partial charge on any atom is -0.485 e. The molecule has 88 heavy (non-hydrogen) atoms. The number of H-pyrrole nitrogens is 2. The Labute approximate surface area is 491 Å². The van der Waals surface area contributed by atoms with Crippen molar-refractivity contribution in [2.75, 3.05) is 15.6 Å². The normalized spacial score (nSPS) is 18.3. The lowest BCUT2D eigenvalue weighted by molar-refractivity contribution is -0.124. The first kappa shape index (κ1) is 51.3. The number of aromatic nitrogens is 6. The Kier molecular flexibility index (Phi) is 11.4. The van der Waals surface area contributed by atoms with Crippen LogP contribution in [0.25, 0.3) is 49.2 Å². The average molecular weight is 1170 g/mol. The summed E-state index contributed by atoms with van der Waals surface area (Å²) in [6.45, 7) is 0. The van der Waals surface area contributed by atoms with Gasteiger partial charge in [-0.05, 0) is 78.9 Å². The molecule has 4 aliphatic rings. The third-order valence-electron chi connectivity index (χ3n) is 16.4. The van der Waals surface area contributed by atoms with Crippen molar-refractivity contribution >= 4 is 72.4 Å². The van der Waals surface area contributed by atoms with Crippen molar-refractivity contribution in [3.8, 4) is 28.7 Å². The number of hydrogen-bond acceptors (Lipinski definition) is 15. The van der Waals surface area contributed by atoms with Crippen LogP contribution in [-0.2, 0) is 9.59 Å². The summed E-state index contributed by atoms with van der Waals surface area (Å²) in [4.78, 5) is 125. The molecule has 4 N–H and O–H groups in total. The van der Waals surface area contributed by atoms with Gasteiger partial charge in [0.1, 0.15) is 46.6 Å². The lowest BCUT2D eigenvalue weighted by atomic mass is 9.71. The summed E-state index contributed by atoms with van der Waals surface area (Å²) in [5.74, 6) is -3.11. The van der Waals surface area contributed by atoms with E-state index in [1.165, 1.54) is 48.9 Å². The van der Waals surface area contributed by atoms with Crippen LogP contribution in [0.2, 0.25) is 0 Å². The molecule has 5 atom stereocenters. The van der Waals surface area contributed by atoms with Gasteiger partial charge in [-0.1, -0.05) is 103 Å². The Balaban J connectivity index is 1.09. The van der Waals surface area contributed by atoms with Gasteiger partial charge in [0.05, 0.1) is 50.7 Å². The van der Waals surface area contributed by atoms with Gasteiger partial charge in [0, 0.05) is 38.9 Å². The number of carbonyl (C=O) groups excluding carboxylic acids is 2. The number of hydrogen-bond donors (Lipinski definition) is 4. The molecule has 22 heteroatoms. The van der Waals surface area contributed by atoms with E-state index in [0.717, 1.165) is 19.0 Å². The van der Waals surface area contributed by atoms with E-state index in [9.17, 15) is 14.4 Å². The monoisotopic (exact) mass is 1170 g/mol. The van der Waals surface area contributed by atoms with Crippen LogP contribution in [0.15, 0.2) is 233 Å². The van der Waals surface area contributed by atoms with Crippen LogP contribution >= 0.6 is 0 Å². The zero-order valence-corrected chi connectivity index (χ0v) is 45.4. The number of fused-ring (bicyclic) bond motifs is 8. The van der Waals surface area contributed by atoms with Gasteiger partial charge in [0.2, 0.25) is 6.10 Å². The van der Waals surface area contributed by atoms with Gasteiger partial charge >= 0.3 is 16.7 Å². The first-order chi connectivity index (χ1) is 43.0. The van der Waals surface area contributed by atoms with Gasteiger partial charge in [0.15, 0.2) is 17.7 Å². The van der Waals surface area contributed by atoms with Crippen LogP contribution in [0.1, 0.15) is 52.5 Å². The van der Waals surface area contributed by atoms with E-state index < -0.39 is 81.1 Å². The average Bonchev–Trinajstić information content (AvgIpc) is 0.765.